The number of hydrogen-bond donors (Lipinski definition) is 0. The summed E-state index contributed by atoms with van der Waals surface area (Å²) in [5.41, 5.74) is 0.584. The summed E-state index contributed by atoms with van der Waals surface area (Å²) in [5, 5.41) is 0.0890. The lowest BCUT2D eigenvalue weighted by Gasteiger charge is -2.68. The lowest BCUT2D eigenvalue weighted by molar-refractivity contribution is -0.645. The highest BCUT2D eigenvalue weighted by Crippen LogP contribution is 2.69. The summed E-state index contributed by atoms with van der Waals surface area (Å²) in [6.45, 7) is 11.3. The quantitative estimate of drug-likeness (QED) is 0.408. The molecule has 0 aromatic heterocycles. The molecule has 1 saturated heterocycles. The third-order valence-corrected chi connectivity index (χ3v) is 13.5. The van der Waals surface area contributed by atoms with Crippen molar-refractivity contribution in [1.29, 1.82) is 0 Å². The van der Waals surface area contributed by atoms with Crippen LogP contribution in [0.5, 0.6) is 11.5 Å². The van der Waals surface area contributed by atoms with Crippen molar-refractivity contribution >= 4 is 8.32 Å². The summed E-state index contributed by atoms with van der Waals surface area (Å²) in [6, 6.07) is 6.14. The highest BCUT2D eigenvalue weighted by Gasteiger charge is 2.76. The summed E-state index contributed by atoms with van der Waals surface area (Å²) >= 11 is 0. The fourth-order valence-electron chi connectivity index (χ4n) is 6.75. The van der Waals surface area contributed by atoms with Crippen LogP contribution in [0.1, 0.15) is 58.4 Å². The Labute approximate surface area is 187 Å². The van der Waals surface area contributed by atoms with Crippen molar-refractivity contribution in [3.63, 3.8) is 0 Å². The molecule has 31 heavy (non-hydrogen) atoms. The van der Waals surface area contributed by atoms with E-state index in [1.165, 1.54) is 32.1 Å². The first-order valence-electron chi connectivity index (χ1n) is 11.9. The molecule has 4 bridgehead atoms. The number of ether oxygens (including phenoxy) is 2. The second-order valence-electron chi connectivity index (χ2n) is 11.8. The molecule has 5 nitrogen and oxygen atoms in total. The first-order valence-corrected chi connectivity index (χ1v) is 14.8. The zero-order chi connectivity index (χ0) is 22.2. The minimum absolute atomic E-state index is 0.0890. The molecule has 0 N–H and O–H groups in total. The van der Waals surface area contributed by atoms with Crippen LogP contribution in [-0.2, 0) is 20.3 Å². The van der Waals surface area contributed by atoms with Gasteiger partial charge in [-0.25, -0.2) is 4.89 Å². The Morgan fingerprint density at radius 2 is 1.52 bits per heavy atom. The number of hydrogen-bond acceptors (Lipinski definition) is 5. The fourth-order valence-corrected chi connectivity index (χ4v) is 7.76. The smallest absolute Gasteiger partial charge is 0.260 e. The molecule has 1 unspecified atom stereocenters. The molecule has 6 rings (SSSR count). The van der Waals surface area contributed by atoms with E-state index in [-0.39, 0.29) is 5.04 Å². The van der Waals surface area contributed by atoms with Crippen molar-refractivity contribution in [1.82, 2.24) is 0 Å². The van der Waals surface area contributed by atoms with E-state index in [0.29, 0.717) is 11.8 Å². The molecule has 6 heteroatoms. The summed E-state index contributed by atoms with van der Waals surface area (Å²) in [4.78, 5) is 12.1. The Hall–Kier alpha value is -1.08. The highest BCUT2D eigenvalue weighted by molar-refractivity contribution is 6.74. The average Bonchev–Trinajstić information content (AvgIpc) is 2.66. The van der Waals surface area contributed by atoms with Crippen LogP contribution in [0.25, 0.3) is 0 Å². The molecule has 1 aromatic rings. The van der Waals surface area contributed by atoms with Crippen molar-refractivity contribution < 1.29 is 23.7 Å². The predicted octanol–water partition coefficient (Wildman–Crippen LogP) is 6.04. The van der Waals surface area contributed by atoms with E-state index in [2.05, 4.69) is 46.0 Å². The van der Waals surface area contributed by atoms with Gasteiger partial charge in [-0.05, 0) is 92.1 Å². The van der Waals surface area contributed by atoms with Crippen molar-refractivity contribution in [2.75, 3.05) is 14.2 Å². The minimum atomic E-state index is -2.04. The summed E-state index contributed by atoms with van der Waals surface area (Å²) < 4.78 is 18.6. The molecule has 5 fully saturated rings. The van der Waals surface area contributed by atoms with Crippen LogP contribution in [0.15, 0.2) is 18.2 Å². The average molecular weight is 447 g/mol. The first kappa shape index (κ1) is 21.7. The maximum atomic E-state index is 6.69. The van der Waals surface area contributed by atoms with Crippen LogP contribution < -0.4 is 9.16 Å². The maximum Gasteiger partial charge on any atom is 0.260 e. The lowest BCUT2D eigenvalue weighted by Crippen LogP contribution is -2.76. The van der Waals surface area contributed by atoms with Gasteiger partial charge < -0.3 is 13.9 Å². The molecule has 1 aromatic carbocycles. The molecule has 1 heterocycles. The summed E-state index contributed by atoms with van der Waals surface area (Å²) in [7, 11) is 1.41. The van der Waals surface area contributed by atoms with Crippen molar-refractivity contribution in [3.05, 3.63) is 23.8 Å². The molecule has 4 saturated carbocycles. The monoisotopic (exact) mass is 446 g/mol. The van der Waals surface area contributed by atoms with Gasteiger partial charge in [0.15, 0.2) is 11.4 Å². The Bertz CT molecular complexity index is 828. The Morgan fingerprint density at radius 3 is 1.97 bits per heavy atom. The van der Waals surface area contributed by atoms with Gasteiger partial charge in [-0.2, -0.15) is 4.89 Å². The Morgan fingerprint density at radius 1 is 0.903 bits per heavy atom. The van der Waals surface area contributed by atoms with Crippen LogP contribution in [0.3, 0.4) is 0 Å². The van der Waals surface area contributed by atoms with E-state index in [9.17, 15) is 0 Å². The molecule has 1 atom stereocenters. The number of rotatable bonds is 5. The molecular formula is C25H38O5Si. The van der Waals surface area contributed by atoms with E-state index >= 15 is 0 Å². The Balaban J connectivity index is 1.55. The van der Waals surface area contributed by atoms with Crippen LogP contribution in [-0.4, -0.2) is 28.1 Å². The van der Waals surface area contributed by atoms with Crippen molar-refractivity contribution in [2.45, 2.75) is 82.4 Å². The molecule has 172 valence electrons. The van der Waals surface area contributed by atoms with E-state index in [1.54, 1.807) is 14.2 Å². The van der Waals surface area contributed by atoms with Gasteiger partial charge in [0.05, 0.1) is 7.11 Å². The molecule has 5 aliphatic rings. The molecule has 0 amide bonds. The molecule has 0 radical (unpaired) electrons. The van der Waals surface area contributed by atoms with E-state index in [0.717, 1.165) is 28.9 Å². The van der Waals surface area contributed by atoms with E-state index in [4.69, 9.17) is 23.7 Å². The third-order valence-electron chi connectivity index (χ3n) is 9.16. The highest BCUT2D eigenvalue weighted by atomic mass is 28.4. The van der Waals surface area contributed by atoms with Gasteiger partial charge in [-0.1, -0.05) is 20.8 Å². The second-order valence-corrected chi connectivity index (χ2v) is 16.5. The summed E-state index contributed by atoms with van der Waals surface area (Å²) in [6.07, 6.45) is 6.31. The lowest BCUT2D eigenvalue weighted by atomic mass is 9.47. The third kappa shape index (κ3) is 2.91. The molecule has 1 spiro atoms. The minimum Gasteiger partial charge on any atom is -0.541 e. The summed E-state index contributed by atoms with van der Waals surface area (Å²) in [5.74, 6) is 3.32. The predicted molar refractivity (Wildman–Crippen MR) is 121 cm³/mol. The zero-order valence-electron chi connectivity index (χ0n) is 20.1. The topological polar surface area (TPSA) is 46.2 Å². The van der Waals surface area contributed by atoms with E-state index in [1.807, 2.05) is 6.07 Å². The van der Waals surface area contributed by atoms with Gasteiger partial charge in [-0.3, -0.25) is 0 Å². The molecule has 4 aliphatic carbocycles. The van der Waals surface area contributed by atoms with Gasteiger partial charge in [0.2, 0.25) is 0 Å². The van der Waals surface area contributed by atoms with Crippen LogP contribution in [0.2, 0.25) is 18.1 Å². The number of methoxy groups -OCH3 is 2. The van der Waals surface area contributed by atoms with Gasteiger partial charge in [0, 0.05) is 12.7 Å². The second kappa shape index (κ2) is 6.96. The van der Waals surface area contributed by atoms with Crippen molar-refractivity contribution in [3.8, 4) is 11.5 Å². The zero-order valence-corrected chi connectivity index (χ0v) is 21.1. The van der Waals surface area contributed by atoms with E-state index < -0.39 is 19.7 Å². The molecular weight excluding hydrogens is 408 g/mol. The first-order chi connectivity index (χ1) is 14.6. The van der Waals surface area contributed by atoms with Gasteiger partial charge in [0.25, 0.3) is 14.1 Å². The number of benzene rings is 1. The SMILES string of the molecule is COc1ccc(C2(OC)OOC23C2CC4CC(C2)CC3C4)cc1O[Si](C)(C)C(C)(C)C. The maximum absolute atomic E-state index is 6.69. The Kier molecular flexibility index (Phi) is 4.88. The van der Waals surface area contributed by atoms with Crippen molar-refractivity contribution in [2.24, 2.45) is 23.7 Å². The van der Waals surface area contributed by atoms with Gasteiger partial charge >= 0.3 is 0 Å². The van der Waals surface area contributed by atoms with Gasteiger partial charge in [-0.15, -0.1) is 0 Å². The fraction of sp³-hybridized carbons (Fsp3) is 0.760. The molecule has 1 aliphatic heterocycles. The van der Waals surface area contributed by atoms with Crippen LogP contribution >= 0.6 is 0 Å². The van der Waals surface area contributed by atoms with Gasteiger partial charge in [0.1, 0.15) is 5.75 Å². The van der Waals surface area contributed by atoms with Crippen LogP contribution in [0.4, 0.5) is 0 Å². The standard InChI is InChI=1S/C25H38O5Si/c1-23(2,3)31(6,7)28-22-15-18(8-9-21(22)26-4)25(27-5)24(29-30-25)19-11-16-10-17(13-19)14-20(24)12-16/h8-9,15-17,19-20H,10-14H2,1-7H3. The largest absolute Gasteiger partial charge is 0.541 e. The van der Waals surface area contributed by atoms with Crippen LogP contribution in [0, 0.1) is 23.7 Å². The normalized spacial score (nSPS) is 38.9.